The third-order valence-corrected chi connectivity index (χ3v) is 1.75. The Labute approximate surface area is 91.6 Å². The van der Waals surface area contributed by atoms with E-state index in [1.54, 1.807) is 0 Å². The minimum Gasteiger partial charge on any atom is -0.468 e. The summed E-state index contributed by atoms with van der Waals surface area (Å²) in [4.78, 5) is 10.9. The molecule has 84 valence electrons. The Hall–Kier alpha value is -1.20. The van der Waals surface area contributed by atoms with Gasteiger partial charge in [-0.2, -0.15) is 0 Å². The molecule has 0 amide bonds. The number of hydrogen-bond donors (Lipinski definition) is 1. The van der Waals surface area contributed by atoms with Gasteiger partial charge in [0.2, 0.25) is 0 Å². The van der Waals surface area contributed by atoms with E-state index in [4.69, 9.17) is 5.73 Å². The number of ether oxygens (including phenoxy) is 1. The number of hydrogen-bond acceptors (Lipinski definition) is 3. The van der Waals surface area contributed by atoms with E-state index in [9.17, 15) is 13.6 Å². The summed E-state index contributed by atoms with van der Waals surface area (Å²) in [5, 5.41) is 0. The second-order valence-electron chi connectivity index (χ2n) is 2.67. The standard InChI is InChI=1S/C9H9F2NO2.ClH/c1-14-9(13)8(12)6-3-2-5(10)4-7(6)11;/h2-4,8H,12H2,1H3;1H/t8-;/m0./s1. The van der Waals surface area contributed by atoms with E-state index in [0.29, 0.717) is 6.07 Å². The second kappa shape index (κ2) is 5.63. The Balaban J connectivity index is 0.00000196. The molecule has 1 atom stereocenters. The second-order valence-corrected chi connectivity index (χ2v) is 2.67. The van der Waals surface area contributed by atoms with Gasteiger partial charge in [0.05, 0.1) is 7.11 Å². The lowest BCUT2D eigenvalue weighted by atomic mass is 10.1. The van der Waals surface area contributed by atoms with E-state index in [1.165, 1.54) is 0 Å². The third-order valence-electron chi connectivity index (χ3n) is 1.75. The molecular weight excluding hydrogens is 228 g/mol. The molecule has 0 unspecified atom stereocenters. The molecule has 0 aliphatic carbocycles. The predicted molar refractivity (Wildman–Crippen MR) is 52.6 cm³/mol. The number of carbonyl (C=O) groups excluding carboxylic acids is 1. The van der Waals surface area contributed by atoms with Crippen molar-refractivity contribution in [2.45, 2.75) is 6.04 Å². The Morgan fingerprint density at radius 2 is 2.07 bits per heavy atom. The lowest BCUT2D eigenvalue weighted by molar-refractivity contribution is -0.142. The molecule has 15 heavy (non-hydrogen) atoms. The normalized spacial score (nSPS) is 11.5. The first-order chi connectivity index (χ1) is 6.56. The largest absolute Gasteiger partial charge is 0.468 e. The lowest BCUT2D eigenvalue weighted by Gasteiger charge is -2.09. The van der Waals surface area contributed by atoms with Gasteiger partial charge in [-0.3, -0.25) is 4.79 Å². The van der Waals surface area contributed by atoms with Crippen LogP contribution in [0, 0.1) is 11.6 Å². The predicted octanol–water partition coefficient (Wildman–Crippen LogP) is 1.56. The van der Waals surface area contributed by atoms with Crippen LogP contribution in [0.15, 0.2) is 18.2 Å². The fourth-order valence-electron chi connectivity index (χ4n) is 1.01. The fourth-order valence-corrected chi connectivity index (χ4v) is 1.01. The fraction of sp³-hybridized carbons (Fsp3) is 0.222. The lowest BCUT2D eigenvalue weighted by Crippen LogP contribution is -2.23. The van der Waals surface area contributed by atoms with Crippen LogP contribution in [-0.2, 0) is 9.53 Å². The van der Waals surface area contributed by atoms with Crippen LogP contribution in [0.3, 0.4) is 0 Å². The van der Waals surface area contributed by atoms with Crippen molar-refractivity contribution in [3.8, 4) is 0 Å². The molecular formula is C9H10ClF2NO2. The molecule has 0 bridgehead atoms. The highest BCUT2D eigenvalue weighted by molar-refractivity contribution is 5.85. The zero-order valence-corrected chi connectivity index (χ0v) is 8.68. The van der Waals surface area contributed by atoms with Crippen molar-refractivity contribution in [1.82, 2.24) is 0 Å². The van der Waals surface area contributed by atoms with Crippen molar-refractivity contribution in [1.29, 1.82) is 0 Å². The number of esters is 1. The Morgan fingerprint density at radius 1 is 1.47 bits per heavy atom. The summed E-state index contributed by atoms with van der Waals surface area (Å²) >= 11 is 0. The van der Waals surface area contributed by atoms with Gasteiger partial charge in [0.1, 0.15) is 17.7 Å². The molecule has 1 rings (SSSR count). The van der Waals surface area contributed by atoms with Crippen LogP contribution in [0.1, 0.15) is 11.6 Å². The van der Waals surface area contributed by atoms with Gasteiger partial charge in [-0.1, -0.05) is 6.07 Å². The summed E-state index contributed by atoms with van der Waals surface area (Å²) in [6.07, 6.45) is 0. The monoisotopic (exact) mass is 237 g/mol. The first-order valence-electron chi connectivity index (χ1n) is 3.84. The summed E-state index contributed by atoms with van der Waals surface area (Å²) in [6.45, 7) is 0. The molecule has 1 aromatic rings. The van der Waals surface area contributed by atoms with Crippen molar-refractivity contribution < 1.29 is 18.3 Å². The topological polar surface area (TPSA) is 52.3 Å². The average molecular weight is 238 g/mol. The minimum absolute atomic E-state index is 0. The number of halogens is 3. The summed E-state index contributed by atoms with van der Waals surface area (Å²) in [5.41, 5.74) is 5.28. The summed E-state index contributed by atoms with van der Waals surface area (Å²) in [6, 6.07) is 1.59. The maximum Gasteiger partial charge on any atom is 0.327 e. The number of carbonyl (C=O) groups is 1. The van der Waals surface area contributed by atoms with E-state index in [1.807, 2.05) is 0 Å². The van der Waals surface area contributed by atoms with E-state index in [-0.39, 0.29) is 18.0 Å². The van der Waals surface area contributed by atoms with Crippen LogP contribution < -0.4 is 5.73 Å². The van der Waals surface area contributed by atoms with E-state index < -0.39 is 23.6 Å². The van der Waals surface area contributed by atoms with Crippen molar-refractivity contribution >= 4 is 18.4 Å². The number of rotatable bonds is 2. The Morgan fingerprint density at radius 3 is 2.53 bits per heavy atom. The molecule has 3 nitrogen and oxygen atoms in total. The third kappa shape index (κ3) is 3.14. The van der Waals surface area contributed by atoms with Crippen molar-refractivity contribution in [2.24, 2.45) is 5.73 Å². The number of benzene rings is 1. The van der Waals surface area contributed by atoms with Gasteiger partial charge in [0.15, 0.2) is 0 Å². The van der Waals surface area contributed by atoms with Crippen LogP contribution in [-0.4, -0.2) is 13.1 Å². The van der Waals surface area contributed by atoms with Crippen molar-refractivity contribution in [3.63, 3.8) is 0 Å². The Bertz CT molecular complexity index is 360. The van der Waals surface area contributed by atoms with E-state index in [2.05, 4.69) is 4.74 Å². The molecule has 1 aromatic carbocycles. The highest BCUT2D eigenvalue weighted by Crippen LogP contribution is 2.16. The smallest absolute Gasteiger partial charge is 0.327 e. The van der Waals surface area contributed by atoms with Crippen LogP contribution in [0.4, 0.5) is 8.78 Å². The van der Waals surface area contributed by atoms with Crippen LogP contribution >= 0.6 is 12.4 Å². The average Bonchev–Trinajstić information content (AvgIpc) is 2.15. The van der Waals surface area contributed by atoms with Gasteiger partial charge >= 0.3 is 5.97 Å². The summed E-state index contributed by atoms with van der Waals surface area (Å²) in [5.74, 6) is -2.35. The maximum atomic E-state index is 13.1. The highest BCUT2D eigenvalue weighted by atomic mass is 35.5. The van der Waals surface area contributed by atoms with Crippen LogP contribution in [0.25, 0.3) is 0 Å². The number of nitrogens with two attached hydrogens (primary N) is 1. The molecule has 0 spiro atoms. The minimum atomic E-state index is -1.22. The quantitative estimate of drug-likeness (QED) is 0.795. The first kappa shape index (κ1) is 13.8. The maximum absolute atomic E-state index is 13.1. The van der Waals surface area contributed by atoms with Gasteiger partial charge in [0, 0.05) is 11.6 Å². The zero-order chi connectivity index (χ0) is 10.7. The molecule has 0 heterocycles. The summed E-state index contributed by atoms with van der Waals surface area (Å²) < 4.78 is 29.9. The molecule has 0 saturated heterocycles. The van der Waals surface area contributed by atoms with Gasteiger partial charge in [0.25, 0.3) is 0 Å². The van der Waals surface area contributed by atoms with Gasteiger partial charge in [-0.15, -0.1) is 12.4 Å². The van der Waals surface area contributed by atoms with Crippen LogP contribution in [0.5, 0.6) is 0 Å². The van der Waals surface area contributed by atoms with Gasteiger partial charge in [-0.05, 0) is 6.07 Å². The molecule has 0 radical (unpaired) electrons. The SMILES string of the molecule is COC(=O)[C@@H](N)c1ccc(F)cc1F.Cl. The van der Waals surface area contributed by atoms with Gasteiger partial charge < -0.3 is 10.5 Å². The molecule has 6 heteroatoms. The molecule has 0 aliphatic rings. The van der Waals surface area contributed by atoms with Crippen molar-refractivity contribution in [3.05, 3.63) is 35.4 Å². The van der Waals surface area contributed by atoms with Gasteiger partial charge in [-0.25, -0.2) is 8.78 Å². The van der Waals surface area contributed by atoms with E-state index >= 15 is 0 Å². The first-order valence-corrected chi connectivity index (χ1v) is 3.84. The van der Waals surface area contributed by atoms with Crippen LogP contribution in [0.2, 0.25) is 0 Å². The molecule has 0 aromatic heterocycles. The Kier molecular flexibility index (Phi) is 5.18. The van der Waals surface area contributed by atoms with Crippen molar-refractivity contribution in [2.75, 3.05) is 7.11 Å². The summed E-state index contributed by atoms with van der Waals surface area (Å²) in [7, 11) is 1.14. The molecule has 0 aliphatic heterocycles. The number of methoxy groups -OCH3 is 1. The zero-order valence-electron chi connectivity index (χ0n) is 7.87. The molecule has 2 N–H and O–H groups in total. The highest BCUT2D eigenvalue weighted by Gasteiger charge is 2.19. The van der Waals surface area contributed by atoms with E-state index in [0.717, 1.165) is 19.2 Å². The molecule has 0 saturated carbocycles. The molecule has 0 fully saturated rings.